The van der Waals surface area contributed by atoms with Crippen LogP contribution in [0.15, 0.2) is 0 Å². The average Bonchev–Trinajstić information content (AvgIpc) is 3.17. The number of morpholine rings is 1. The van der Waals surface area contributed by atoms with E-state index in [4.69, 9.17) is 4.74 Å². The first-order valence-electron chi connectivity index (χ1n) is 10.7. The smallest absolute Gasteiger partial charge is 0.0623 e. The lowest BCUT2D eigenvalue weighted by Crippen LogP contribution is -2.60. The fourth-order valence-corrected chi connectivity index (χ4v) is 6.66. The summed E-state index contributed by atoms with van der Waals surface area (Å²) in [5.74, 6) is 3.42. The molecule has 3 unspecified atom stereocenters. The van der Waals surface area contributed by atoms with Gasteiger partial charge in [0.05, 0.1) is 13.2 Å². The fourth-order valence-electron chi connectivity index (χ4n) is 5.76. The third kappa shape index (κ3) is 4.90. The van der Waals surface area contributed by atoms with Crippen LogP contribution >= 0.6 is 24.2 Å². The molecule has 0 amide bonds. The van der Waals surface area contributed by atoms with Crippen LogP contribution in [0.5, 0.6) is 0 Å². The van der Waals surface area contributed by atoms with Gasteiger partial charge in [-0.05, 0) is 31.6 Å². The lowest BCUT2D eigenvalue weighted by Gasteiger charge is -2.49. The van der Waals surface area contributed by atoms with E-state index >= 15 is 0 Å². The first-order chi connectivity index (χ1) is 12.4. The molecule has 2 saturated heterocycles. The molecule has 2 aliphatic heterocycles. The Morgan fingerprint density at radius 1 is 1.08 bits per heavy atom. The number of thioether (sulfide) groups is 1. The van der Waals surface area contributed by atoms with Gasteiger partial charge in [-0.1, -0.05) is 25.7 Å². The third-order valence-electron chi connectivity index (χ3n) is 7.20. The number of hydrogen-bond acceptors (Lipinski definition) is 5. The second-order valence-electron chi connectivity index (χ2n) is 8.60. The van der Waals surface area contributed by atoms with Crippen LogP contribution in [0.2, 0.25) is 0 Å². The second kappa shape index (κ2) is 10.3. The Balaban J connectivity index is 0.00000196. The highest BCUT2D eigenvalue weighted by molar-refractivity contribution is 7.99. The molecule has 26 heavy (non-hydrogen) atoms. The van der Waals surface area contributed by atoms with Gasteiger partial charge in [-0.2, -0.15) is 11.8 Å². The summed E-state index contributed by atoms with van der Waals surface area (Å²) in [4.78, 5) is 2.86. The molecule has 152 valence electrons. The lowest BCUT2D eigenvalue weighted by molar-refractivity contribution is 0.0407. The highest BCUT2D eigenvalue weighted by Gasteiger charge is 2.41. The van der Waals surface area contributed by atoms with Crippen LogP contribution in [-0.4, -0.2) is 73.4 Å². The van der Waals surface area contributed by atoms with Crippen molar-refractivity contribution >= 4 is 24.2 Å². The Morgan fingerprint density at radius 3 is 2.62 bits per heavy atom. The third-order valence-corrected chi connectivity index (χ3v) is 8.14. The van der Waals surface area contributed by atoms with Crippen LogP contribution in [0.1, 0.15) is 51.4 Å². The van der Waals surface area contributed by atoms with Crippen molar-refractivity contribution in [2.45, 2.75) is 69.0 Å². The van der Waals surface area contributed by atoms with Crippen LogP contribution in [0, 0.1) is 5.92 Å². The van der Waals surface area contributed by atoms with Crippen LogP contribution in [0.3, 0.4) is 0 Å². The molecule has 2 aliphatic carbocycles. The van der Waals surface area contributed by atoms with Crippen molar-refractivity contribution in [1.29, 1.82) is 0 Å². The zero-order valence-electron chi connectivity index (χ0n) is 16.2. The van der Waals surface area contributed by atoms with E-state index in [2.05, 4.69) is 27.3 Å². The van der Waals surface area contributed by atoms with Gasteiger partial charge in [0.1, 0.15) is 0 Å². The van der Waals surface area contributed by atoms with Gasteiger partial charge in [-0.15, -0.1) is 12.4 Å². The van der Waals surface area contributed by atoms with Crippen molar-refractivity contribution in [3.63, 3.8) is 0 Å². The van der Waals surface area contributed by atoms with Gasteiger partial charge in [0.25, 0.3) is 0 Å². The number of ether oxygens (including phenoxy) is 1. The molecular formula is C20H38ClN3OS. The maximum atomic E-state index is 5.75. The average molecular weight is 404 g/mol. The summed E-state index contributed by atoms with van der Waals surface area (Å²) in [5.41, 5.74) is 0.447. The molecule has 6 heteroatoms. The molecular weight excluding hydrogens is 366 g/mol. The van der Waals surface area contributed by atoms with Crippen LogP contribution in [0.4, 0.5) is 0 Å². The summed E-state index contributed by atoms with van der Waals surface area (Å²) in [6, 6.07) is 1.26. The van der Waals surface area contributed by atoms with E-state index in [9.17, 15) is 0 Å². The van der Waals surface area contributed by atoms with E-state index in [-0.39, 0.29) is 12.4 Å². The molecule has 2 N–H and O–H groups in total. The van der Waals surface area contributed by atoms with E-state index in [0.717, 1.165) is 25.7 Å². The highest BCUT2D eigenvalue weighted by Crippen LogP contribution is 2.36. The first-order valence-corrected chi connectivity index (χ1v) is 11.9. The minimum Gasteiger partial charge on any atom is -0.379 e. The van der Waals surface area contributed by atoms with E-state index in [1.54, 1.807) is 0 Å². The van der Waals surface area contributed by atoms with E-state index in [1.165, 1.54) is 82.5 Å². The second-order valence-corrected chi connectivity index (χ2v) is 9.83. The van der Waals surface area contributed by atoms with Crippen LogP contribution in [0.25, 0.3) is 0 Å². The van der Waals surface area contributed by atoms with Crippen molar-refractivity contribution in [3.8, 4) is 0 Å². The molecule has 3 atom stereocenters. The Labute approximate surface area is 170 Å². The molecule has 0 aromatic carbocycles. The fraction of sp³-hybridized carbons (Fsp3) is 1.00. The molecule has 4 rings (SSSR count). The van der Waals surface area contributed by atoms with Crippen LogP contribution < -0.4 is 10.6 Å². The molecule has 4 aliphatic rings. The van der Waals surface area contributed by atoms with Crippen molar-refractivity contribution in [2.75, 3.05) is 50.9 Å². The maximum Gasteiger partial charge on any atom is 0.0623 e. The molecule has 0 aromatic heterocycles. The quantitative estimate of drug-likeness (QED) is 0.738. The van der Waals surface area contributed by atoms with E-state index in [0.29, 0.717) is 17.6 Å². The molecule has 2 heterocycles. The molecule has 4 nitrogen and oxygen atoms in total. The normalized spacial score (nSPS) is 35.8. The topological polar surface area (TPSA) is 36.5 Å². The molecule has 4 fully saturated rings. The van der Waals surface area contributed by atoms with Crippen molar-refractivity contribution in [1.82, 2.24) is 15.5 Å². The van der Waals surface area contributed by atoms with Crippen molar-refractivity contribution in [3.05, 3.63) is 0 Å². The number of nitrogens with one attached hydrogen (secondary N) is 2. The number of nitrogens with zero attached hydrogens (tertiary/aromatic N) is 1. The first kappa shape index (κ1) is 21.2. The lowest BCUT2D eigenvalue weighted by atomic mass is 9.79. The molecule has 0 bridgehead atoms. The monoisotopic (exact) mass is 403 g/mol. The number of halogens is 1. The predicted octanol–water partition coefficient (Wildman–Crippen LogP) is 2.91. The van der Waals surface area contributed by atoms with Gasteiger partial charge >= 0.3 is 0 Å². The summed E-state index contributed by atoms with van der Waals surface area (Å²) < 4.78 is 5.75. The van der Waals surface area contributed by atoms with Gasteiger partial charge in [0.2, 0.25) is 0 Å². The summed E-state index contributed by atoms with van der Waals surface area (Å²) in [6.07, 6.45) is 11.2. The van der Waals surface area contributed by atoms with Gasteiger partial charge in [0.15, 0.2) is 0 Å². The highest BCUT2D eigenvalue weighted by atomic mass is 35.5. The maximum absolute atomic E-state index is 5.75. The van der Waals surface area contributed by atoms with Gasteiger partial charge < -0.3 is 15.4 Å². The van der Waals surface area contributed by atoms with Gasteiger partial charge in [-0.25, -0.2) is 0 Å². The Kier molecular flexibility index (Phi) is 8.41. The number of rotatable bonds is 5. The predicted molar refractivity (Wildman–Crippen MR) is 114 cm³/mol. The molecule has 0 aromatic rings. The van der Waals surface area contributed by atoms with Crippen molar-refractivity contribution < 1.29 is 4.74 Å². The summed E-state index contributed by atoms with van der Waals surface area (Å²) in [5, 5.41) is 7.82. The summed E-state index contributed by atoms with van der Waals surface area (Å²) in [7, 11) is 0. The zero-order valence-corrected chi connectivity index (χ0v) is 17.9. The molecule has 0 radical (unpaired) electrons. The minimum absolute atomic E-state index is 0. The van der Waals surface area contributed by atoms with Gasteiger partial charge in [0, 0.05) is 55.3 Å². The standard InChI is InChI=1S/C20H37N3OS.ClH/c1-2-7-20(8-3-1,23-10-13-25-14-11-23)16-22-18-6-4-5-17(18)19-15-24-12-9-21-19;/h17-19,21-22H,1-16H2;1H. The van der Waals surface area contributed by atoms with E-state index < -0.39 is 0 Å². The number of hydrogen-bond donors (Lipinski definition) is 2. The van der Waals surface area contributed by atoms with Crippen LogP contribution in [-0.2, 0) is 4.74 Å². The van der Waals surface area contributed by atoms with Gasteiger partial charge in [-0.3, -0.25) is 4.90 Å². The molecule has 2 saturated carbocycles. The SMILES string of the molecule is C1CCC(CNC2CCCC2C2COCCN2)(N2CCSCC2)CC1.Cl. The minimum atomic E-state index is 0. The Morgan fingerprint density at radius 2 is 1.88 bits per heavy atom. The summed E-state index contributed by atoms with van der Waals surface area (Å²) in [6.45, 7) is 6.65. The Bertz CT molecular complexity index is 410. The Hall–Kier alpha value is 0.480. The largest absolute Gasteiger partial charge is 0.379 e. The van der Waals surface area contributed by atoms with Crippen molar-refractivity contribution in [2.24, 2.45) is 5.92 Å². The van der Waals surface area contributed by atoms with E-state index in [1.807, 2.05) is 0 Å². The molecule has 0 spiro atoms. The summed E-state index contributed by atoms with van der Waals surface area (Å²) >= 11 is 2.14. The zero-order chi connectivity index (χ0) is 17.0.